The Balaban J connectivity index is 2.20. The molecule has 0 atom stereocenters. The summed E-state index contributed by atoms with van der Waals surface area (Å²) in [4.78, 5) is 0. The van der Waals surface area contributed by atoms with E-state index in [0.29, 0.717) is 5.92 Å². The minimum atomic E-state index is 0.548. The van der Waals surface area contributed by atoms with Crippen molar-refractivity contribution < 1.29 is 0 Å². The number of hydrogen-bond donors (Lipinski definition) is 0. The molecule has 0 fully saturated rings. The zero-order chi connectivity index (χ0) is 15.7. The van der Waals surface area contributed by atoms with Crippen molar-refractivity contribution in [3.8, 4) is 11.1 Å². The van der Waals surface area contributed by atoms with E-state index in [1.165, 1.54) is 46.2 Å². The molecule has 22 heavy (non-hydrogen) atoms. The Kier molecular flexibility index (Phi) is 4.20. The van der Waals surface area contributed by atoms with Crippen LogP contribution in [0.15, 0.2) is 42.0 Å². The van der Waals surface area contributed by atoms with E-state index in [2.05, 4.69) is 70.2 Å². The standard InChI is InChI=1S/C22H26/c1-5-8-17-13-18-12-11-16(4)22(21(18)14-17)20-10-7-6-9-19(20)15(2)3/h6-7,9-12,14-15H,5,8,13H2,1-4H3. The molecule has 0 N–H and O–H groups in total. The average Bonchev–Trinajstić information content (AvgIpc) is 2.90. The molecule has 0 unspecified atom stereocenters. The van der Waals surface area contributed by atoms with Crippen LogP contribution in [-0.4, -0.2) is 0 Å². The molecule has 0 amide bonds. The Morgan fingerprint density at radius 1 is 1.05 bits per heavy atom. The first-order valence-corrected chi connectivity index (χ1v) is 8.53. The molecule has 0 saturated carbocycles. The molecule has 0 bridgehead atoms. The molecule has 0 aliphatic heterocycles. The summed E-state index contributed by atoms with van der Waals surface area (Å²) in [5.74, 6) is 0.548. The summed E-state index contributed by atoms with van der Waals surface area (Å²) in [5.41, 5.74) is 10.3. The largest absolute Gasteiger partial charge is 0.0652 e. The van der Waals surface area contributed by atoms with Gasteiger partial charge < -0.3 is 0 Å². The molecule has 1 aliphatic rings. The summed E-state index contributed by atoms with van der Waals surface area (Å²) < 4.78 is 0. The zero-order valence-corrected chi connectivity index (χ0v) is 14.2. The molecule has 0 spiro atoms. The van der Waals surface area contributed by atoms with E-state index in [0.717, 1.165) is 6.42 Å². The van der Waals surface area contributed by atoms with Gasteiger partial charge in [0.1, 0.15) is 0 Å². The van der Waals surface area contributed by atoms with Gasteiger partial charge in [-0.25, -0.2) is 0 Å². The van der Waals surface area contributed by atoms with Crippen molar-refractivity contribution in [3.05, 3.63) is 64.2 Å². The highest BCUT2D eigenvalue weighted by molar-refractivity contribution is 5.84. The third-order valence-electron chi connectivity index (χ3n) is 4.73. The monoisotopic (exact) mass is 290 g/mol. The summed E-state index contributed by atoms with van der Waals surface area (Å²) in [6.45, 7) is 9.09. The topological polar surface area (TPSA) is 0 Å². The lowest BCUT2D eigenvalue weighted by atomic mass is 9.87. The molecule has 0 heterocycles. The van der Waals surface area contributed by atoms with Gasteiger partial charge in [0.05, 0.1) is 0 Å². The van der Waals surface area contributed by atoms with Gasteiger partial charge in [0, 0.05) is 0 Å². The summed E-state index contributed by atoms with van der Waals surface area (Å²) in [5, 5.41) is 0. The van der Waals surface area contributed by atoms with Gasteiger partial charge in [0.25, 0.3) is 0 Å². The second kappa shape index (κ2) is 6.12. The van der Waals surface area contributed by atoms with Crippen molar-refractivity contribution in [2.75, 3.05) is 0 Å². The van der Waals surface area contributed by atoms with Crippen molar-refractivity contribution in [3.63, 3.8) is 0 Å². The second-order valence-electron chi connectivity index (χ2n) is 6.80. The normalized spacial score (nSPS) is 13.4. The quantitative estimate of drug-likeness (QED) is 0.601. The summed E-state index contributed by atoms with van der Waals surface area (Å²) in [6.07, 6.45) is 6.05. The highest BCUT2D eigenvalue weighted by atomic mass is 14.2. The minimum absolute atomic E-state index is 0.548. The van der Waals surface area contributed by atoms with Gasteiger partial charge in [-0.2, -0.15) is 0 Å². The first-order chi connectivity index (χ1) is 10.6. The van der Waals surface area contributed by atoms with Crippen molar-refractivity contribution >= 4 is 6.08 Å². The first kappa shape index (κ1) is 15.1. The van der Waals surface area contributed by atoms with Crippen molar-refractivity contribution in [1.82, 2.24) is 0 Å². The third-order valence-corrected chi connectivity index (χ3v) is 4.73. The van der Waals surface area contributed by atoms with Crippen LogP contribution in [0.25, 0.3) is 17.2 Å². The molecule has 2 aromatic carbocycles. The van der Waals surface area contributed by atoms with E-state index in [4.69, 9.17) is 0 Å². The van der Waals surface area contributed by atoms with Crippen LogP contribution in [0.2, 0.25) is 0 Å². The average molecular weight is 290 g/mol. The molecule has 3 rings (SSSR count). The molecule has 1 aliphatic carbocycles. The number of hydrogen-bond acceptors (Lipinski definition) is 0. The van der Waals surface area contributed by atoms with Crippen LogP contribution in [0.5, 0.6) is 0 Å². The van der Waals surface area contributed by atoms with Gasteiger partial charge in [0.2, 0.25) is 0 Å². The van der Waals surface area contributed by atoms with Gasteiger partial charge in [-0.3, -0.25) is 0 Å². The van der Waals surface area contributed by atoms with E-state index in [1.807, 2.05) is 0 Å². The van der Waals surface area contributed by atoms with Gasteiger partial charge in [-0.15, -0.1) is 0 Å². The van der Waals surface area contributed by atoms with E-state index in [1.54, 1.807) is 5.57 Å². The lowest BCUT2D eigenvalue weighted by Gasteiger charge is -2.17. The van der Waals surface area contributed by atoms with Crippen LogP contribution in [0.4, 0.5) is 0 Å². The fraction of sp³-hybridized carbons (Fsp3) is 0.364. The van der Waals surface area contributed by atoms with E-state index in [-0.39, 0.29) is 0 Å². The maximum absolute atomic E-state index is 2.46. The van der Waals surface area contributed by atoms with Crippen LogP contribution < -0.4 is 0 Å². The predicted molar refractivity (Wildman–Crippen MR) is 97.3 cm³/mol. The third kappa shape index (κ3) is 2.63. The molecule has 2 aromatic rings. The van der Waals surface area contributed by atoms with Gasteiger partial charge in [0.15, 0.2) is 0 Å². The summed E-state index contributed by atoms with van der Waals surface area (Å²) in [7, 11) is 0. The van der Waals surface area contributed by atoms with Crippen LogP contribution >= 0.6 is 0 Å². The predicted octanol–water partition coefficient (Wildman–Crippen LogP) is 6.53. The highest BCUT2D eigenvalue weighted by Crippen LogP contribution is 2.40. The zero-order valence-electron chi connectivity index (χ0n) is 14.2. The van der Waals surface area contributed by atoms with Crippen molar-refractivity contribution in [2.45, 2.75) is 52.9 Å². The van der Waals surface area contributed by atoms with E-state index >= 15 is 0 Å². The Bertz CT molecular complexity index is 717. The lowest BCUT2D eigenvalue weighted by molar-refractivity contribution is 0.868. The molecule has 0 saturated heterocycles. The number of benzene rings is 2. The fourth-order valence-electron chi connectivity index (χ4n) is 3.66. The Labute approximate surface area is 134 Å². The minimum Gasteiger partial charge on any atom is -0.0652 e. The first-order valence-electron chi connectivity index (χ1n) is 8.53. The Hall–Kier alpha value is -1.82. The molecule has 0 nitrogen and oxygen atoms in total. The maximum atomic E-state index is 2.46. The fourth-order valence-corrected chi connectivity index (χ4v) is 3.66. The molecule has 0 aromatic heterocycles. The van der Waals surface area contributed by atoms with E-state index in [9.17, 15) is 0 Å². The molecule has 0 radical (unpaired) electrons. The van der Waals surface area contributed by atoms with Gasteiger partial charge in [-0.1, -0.05) is 75.2 Å². The summed E-state index contributed by atoms with van der Waals surface area (Å²) >= 11 is 0. The van der Waals surface area contributed by atoms with Crippen LogP contribution in [0.1, 0.15) is 61.8 Å². The Morgan fingerprint density at radius 3 is 2.55 bits per heavy atom. The smallest absolute Gasteiger partial charge is 0.00576 e. The van der Waals surface area contributed by atoms with Crippen molar-refractivity contribution in [2.24, 2.45) is 0 Å². The van der Waals surface area contributed by atoms with Crippen LogP contribution in [-0.2, 0) is 6.42 Å². The summed E-state index contributed by atoms with van der Waals surface area (Å²) in [6, 6.07) is 13.5. The molecule has 0 heteroatoms. The van der Waals surface area contributed by atoms with Gasteiger partial charge in [-0.05, 0) is 59.1 Å². The number of rotatable bonds is 4. The lowest BCUT2D eigenvalue weighted by Crippen LogP contribution is -1.97. The SMILES string of the molecule is CCCC1=Cc2c(ccc(C)c2-c2ccccc2C(C)C)C1. The molecular weight excluding hydrogens is 264 g/mol. The number of allylic oxidation sites excluding steroid dienone is 1. The maximum Gasteiger partial charge on any atom is -0.00576 e. The molecule has 114 valence electrons. The second-order valence-corrected chi connectivity index (χ2v) is 6.80. The van der Waals surface area contributed by atoms with Crippen LogP contribution in [0.3, 0.4) is 0 Å². The number of fused-ring (bicyclic) bond motifs is 1. The van der Waals surface area contributed by atoms with E-state index < -0.39 is 0 Å². The van der Waals surface area contributed by atoms with Crippen LogP contribution in [0, 0.1) is 6.92 Å². The number of aryl methyl sites for hydroxylation is 1. The Morgan fingerprint density at radius 2 is 1.82 bits per heavy atom. The van der Waals surface area contributed by atoms with Gasteiger partial charge >= 0.3 is 0 Å². The van der Waals surface area contributed by atoms with Crippen molar-refractivity contribution in [1.29, 1.82) is 0 Å². The highest BCUT2D eigenvalue weighted by Gasteiger charge is 2.20. The molecular formula is C22H26.